The van der Waals surface area contributed by atoms with Crippen LogP contribution in [-0.2, 0) is 0 Å². The highest BCUT2D eigenvalue weighted by Crippen LogP contribution is 2.16. The minimum atomic E-state index is 0.704. The summed E-state index contributed by atoms with van der Waals surface area (Å²) in [5, 5.41) is 11.6. The van der Waals surface area contributed by atoms with Gasteiger partial charge in [-0.25, -0.2) is 0 Å². The quantitative estimate of drug-likeness (QED) is 0.512. The Hall–Kier alpha value is -1.83. The van der Waals surface area contributed by atoms with E-state index in [2.05, 4.69) is 0 Å². The topological polar surface area (TPSA) is 26.9 Å². The first-order valence-corrected chi connectivity index (χ1v) is 4.94. The average molecular weight is 199 g/mol. The van der Waals surface area contributed by atoms with Crippen molar-refractivity contribution >= 4 is 0 Å². The molecular formula is C13H13NO. The fraction of sp³-hybridized carbons (Fsp3) is 0.154. The van der Waals surface area contributed by atoms with Crippen molar-refractivity contribution in [3.8, 4) is 11.3 Å². The molecular weight excluding hydrogens is 186 g/mol. The van der Waals surface area contributed by atoms with E-state index in [1.54, 1.807) is 6.20 Å². The summed E-state index contributed by atoms with van der Waals surface area (Å²) in [6.45, 7) is 4.02. The van der Waals surface area contributed by atoms with Crippen LogP contribution in [0, 0.1) is 19.1 Å². The zero-order valence-corrected chi connectivity index (χ0v) is 8.90. The summed E-state index contributed by atoms with van der Waals surface area (Å²) in [6.07, 6.45) is 1.55. The van der Waals surface area contributed by atoms with E-state index in [1.807, 2.05) is 50.2 Å². The summed E-state index contributed by atoms with van der Waals surface area (Å²) < 4.78 is 0.900. The van der Waals surface area contributed by atoms with Gasteiger partial charge in [0.05, 0.1) is 0 Å². The number of hydrogen-bond acceptors (Lipinski definition) is 1. The van der Waals surface area contributed by atoms with Crippen molar-refractivity contribution < 1.29 is 4.73 Å². The maximum absolute atomic E-state index is 11.6. The fourth-order valence-electron chi connectivity index (χ4n) is 1.53. The maximum Gasteiger partial charge on any atom is 0.223 e. The molecule has 2 nitrogen and oxygen atoms in total. The monoisotopic (exact) mass is 199 g/mol. The highest BCUT2D eigenvalue weighted by Gasteiger charge is 2.07. The van der Waals surface area contributed by atoms with Gasteiger partial charge in [-0.3, -0.25) is 0 Å². The van der Waals surface area contributed by atoms with Gasteiger partial charge in [-0.05, 0) is 31.5 Å². The highest BCUT2D eigenvalue weighted by atomic mass is 16.5. The van der Waals surface area contributed by atoms with Crippen LogP contribution in [0.5, 0.6) is 0 Å². The predicted octanol–water partition coefficient (Wildman–Crippen LogP) is 2.60. The highest BCUT2D eigenvalue weighted by molar-refractivity contribution is 5.57. The molecule has 0 aliphatic heterocycles. The lowest BCUT2D eigenvalue weighted by Crippen LogP contribution is -2.28. The number of hydrogen-bond donors (Lipinski definition) is 0. The third-order valence-electron chi connectivity index (χ3n) is 2.42. The molecule has 15 heavy (non-hydrogen) atoms. The van der Waals surface area contributed by atoms with Crippen LogP contribution in [0.3, 0.4) is 0 Å². The molecule has 0 saturated carbocycles. The molecule has 0 amide bonds. The first-order chi connectivity index (χ1) is 7.16. The van der Waals surface area contributed by atoms with Crippen molar-refractivity contribution in [2.24, 2.45) is 0 Å². The number of rotatable bonds is 1. The fourth-order valence-corrected chi connectivity index (χ4v) is 1.53. The average Bonchev–Trinajstić information content (AvgIpc) is 2.23. The zero-order chi connectivity index (χ0) is 10.8. The smallest absolute Gasteiger partial charge is 0.223 e. The van der Waals surface area contributed by atoms with E-state index in [0.717, 1.165) is 15.9 Å². The van der Waals surface area contributed by atoms with Gasteiger partial charge in [0, 0.05) is 17.7 Å². The maximum atomic E-state index is 11.6. The van der Waals surface area contributed by atoms with Gasteiger partial charge in [0.25, 0.3) is 0 Å². The van der Waals surface area contributed by atoms with E-state index in [0.29, 0.717) is 5.69 Å². The Labute approximate surface area is 89.4 Å². The van der Waals surface area contributed by atoms with E-state index in [9.17, 15) is 5.21 Å². The molecule has 2 heteroatoms. The Kier molecular flexibility index (Phi) is 2.42. The second-order valence-corrected chi connectivity index (χ2v) is 3.78. The minimum Gasteiger partial charge on any atom is -0.618 e. The molecule has 1 aromatic carbocycles. The summed E-state index contributed by atoms with van der Waals surface area (Å²) in [5.41, 5.74) is 3.95. The van der Waals surface area contributed by atoms with Gasteiger partial charge >= 0.3 is 0 Å². The number of aromatic nitrogens is 1. The molecule has 2 aromatic rings. The van der Waals surface area contributed by atoms with Crippen LogP contribution in [0.1, 0.15) is 11.1 Å². The normalized spacial score (nSPS) is 10.3. The van der Waals surface area contributed by atoms with Gasteiger partial charge in [0.1, 0.15) is 0 Å². The third kappa shape index (κ3) is 1.99. The van der Waals surface area contributed by atoms with Crippen molar-refractivity contribution in [2.75, 3.05) is 0 Å². The first kappa shape index (κ1) is 9.71. The summed E-state index contributed by atoms with van der Waals surface area (Å²) >= 11 is 0. The zero-order valence-electron chi connectivity index (χ0n) is 8.90. The van der Waals surface area contributed by atoms with Crippen LogP contribution in [0.2, 0.25) is 0 Å². The first-order valence-electron chi connectivity index (χ1n) is 4.94. The second-order valence-electron chi connectivity index (χ2n) is 3.78. The van der Waals surface area contributed by atoms with Gasteiger partial charge in [-0.2, -0.15) is 4.73 Å². The van der Waals surface area contributed by atoms with Gasteiger partial charge in [0.2, 0.25) is 5.69 Å². The lowest BCUT2D eigenvalue weighted by Gasteiger charge is -2.05. The molecule has 0 spiro atoms. The van der Waals surface area contributed by atoms with Gasteiger partial charge in [0.15, 0.2) is 6.20 Å². The van der Waals surface area contributed by atoms with Crippen molar-refractivity contribution in [1.29, 1.82) is 0 Å². The number of nitrogens with zero attached hydrogens (tertiary/aromatic N) is 1. The second kappa shape index (κ2) is 3.73. The van der Waals surface area contributed by atoms with Gasteiger partial charge in [-0.1, -0.05) is 17.7 Å². The van der Waals surface area contributed by atoms with Crippen molar-refractivity contribution in [3.63, 3.8) is 0 Å². The Morgan fingerprint density at radius 2 is 1.60 bits per heavy atom. The number of pyridine rings is 1. The summed E-state index contributed by atoms with van der Waals surface area (Å²) in [7, 11) is 0. The lowest BCUT2D eigenvalue weighted by molar-refractivity contribution is -0.593. The molecule has 0 atom stereocenters. The number of benzene rings is 1. The number of aryl methyl sites for hydroxylation is 2. The van der Waals surface area contributed by atoms with E-state index in [4.69, 9.17) is 0 Å². The summed E-state index contributed by atoms with van der Waals surface area (Å²) in [4.78, 5) is 0. The van der Waals surface area contributed by atoms with Crippen molar-refractivity contribution in [2.45, 2.75) is 13.8 Å². The molecule has 0 aliphatic rings. The van der Waals surface area contributed by atoms with Crippen LogP contribution >= 0.6 is 0 Å². The van der Waals surface area contributed by atoms with Crippen molar-refractivity contribution in [3.05, 3.63) is 58.9 Å². The van der Waals surface area contributed by atoms with Crippen LogP contribution in [0.15, 0.2) is 42.6 Å². The molecule has 1 heterocycles. The largest absolute Gasteiger partial charge is 0.618 e. The lowest BCUT2D eigenvalue weighted by atomic mass is 10.1. The molecule has 0 fully saturated rings. The molecule has 1 aromatic heterocycles. The predicted molar refractivity (Wildman–Crippen MR) is 60.3 cm³/mol. The summed E-state index contributed by atoms with van der Waals surface area (Å²) in [5.74, 6) is 0. The minimum absolute atomic E-state index is 0.704. The molecule has 0 N–H and O–H groups in total. The molecule has 0 aliphatic carbocycles. The Balaban J connectivity index is 2.53. The Morgan fingerprint density at radius 3 is 2.27 bits per heavy atom. The molecule has 0 saturated heterocycles. The SMILES string of the molecule is Cc1ccc(-c2cc(C)cc[n+]2[O-])cc1. The standard InChI is InChI=1S/C13H13NO/c1-10-3-5-12(6-4-10)13-9-11(2)7-8-14(13)15/h3-9H,1-2H3. The van der Waals surface area contributed by atoms with Gasteiger partial charge < -0.3 is 5.21 Å². The van der Waals surface area contributed by atoms with Crippen LogP contribution < -0.4 is 4.73 Å². The van der Waals surface area contributed by atoms with E-state index >= 15 is 0 Å². The van der Waals surface area contributed by atoms with Crippen molar-refractivity contribution in [1.82, 2.24) is 0 Å². The van der Waals surface area contributed by atoms with Crippen LogP contribution in [0.25, 0.3) is 11.3 Å². The van der Waals surface area contributed by atoms with Gasteiger partial charge in [-0.15, -0.1) is 0 Å². The van der Waals surface area contributed by atoms with Crippen LogP contribution in [0.4, 0.5) is 0 Å². The Morgan fingerprint density at radius 1 is 0.933 bits per heavy atom. The molecule has 0 radical (unpaired) electrons. The van der Waals surface area contributed by atoms with E-state index < -0.39 is 0 Å². The molecule has 76 valence electrons. The van der Waals surface area contributed by atoms with E-state index in [1.165, 1.54) is 5.56 Å². The third-order valence-corrected chi connectivity index (χ3v) is 2.42. The van der Waals surface area contributed by atoms with Crippen LogP contribution in [-0.4, -0.2) is 0 Å². The summed E-state index contributed by atoms with van der Waals surface area (Å²) in [6, 6.07) is 11.7. The molecule has 0 bridgehead atoms. The Bertz CT molecular complexity index is 474. The van der Waals surface area contributed by atoms with E-state index in [-0.39, 0.29) is 0 Å². The molecule has 2 rings (SSSR count). The molecule has 0 unspecified atom stereocenters.